The zero-order valence-electron chi connectivity index (χ0n) is 11.0. The van der Waals surface area contributed by atoms with E-state index in [-0.39, 0.29) is 17.9 Å². The average Bonchev–Trinajstić information content (AvgIpc) is 2.92. The molecule has 3 atom stereocenters. The minimum Gasteiger partial charge on any atom is -0.390 e. The number of carbonyl (C=O) groups excluding carboxylic acids is 1. The summed E-state index contributed by atoms with van der Waals surface area (Å²) in [5, 5.41) is 16.5. The number of aliphatic hydroxyl groups excluding tert-OH is 1. The molecular weight excluding hydrogens is 248 g/mol. The number of ether oxygens (including phenoxy) is 1. The van der Waals surface area contributed by atoms with Crippen molar-refractivity contribution in [2.24, 2.45) is 5.92 Å². The Morgan fingerprint density at radius 3 is 3.11 bits per heavy atom. The molecule has 106 valence electrons. The van der Waals surface area contributed by atoms with Crippen molar-refractivity contribution in [2.75, 3.05) is 13.7 Å². The average molecular weight is 268 g/mol. The molecule has 2 rings (SSSR count). The number of methoxy groups -OCH3 is 1. The van der Waals surface area contributed by atoms with Crippen LogP contribution in [0.25, 0.3) is 0 Å². The Bertz CT molecular complexity index is 396. The smallest absolute Gasteiger partial charge is 0.223 e. The van der Waals surface area contributed by atoms with Crippen molar-refractivity contribution < 1.29 is 14.6 Å². The third-order valence-corrected chi connectivity index (χ3v) is 3.54. The summed E-state index contributed by atoms with van der Waals surface area (Å²) in [7, 11) is 1.57. The van der Waals surface area contributed by atoms with E-state index >= 15 is 0 Å². The van der Waals surface area contributed by atoms with Crippen LogP contribution in [0.4, 0.5) is 0 Å². The predicted molar refractivity (Wildman–Crippen MR) is 67.2 cm³/mol. The van der Waals surface area contributed by atoms with Gasteiger partial charge in [-0.05, 0) is 19.3 Å². The lowest BCUT2D eigenvalue weighted by molar-refractivity contribution is -0.130. The number of rotatable bonds is 5. The molecule has 1 aromatic heterocycles. The van der Waals surface area contributed by atoms with E-state index in [1.165, 1.54) is 6.33 Å². The van der Waals surface area contributed by atoms with Crippen molar-refractivity contribution in [3.63, 3.8) is 0 Å². The molecule has 1 amide bonds. The van der Waals surface area contributed by atoms with Crippen LogP contribution in [0.2, 0.25) is 0 Å². The van der Waals surface area contributed by atoms with Crippen molar-refractivity contribution in [3.05, 3.63) is 12.7 Å². The summed E-state index contributed by atoms with van der Waals surface area (Å²) in [5.41, 5.74) is 0. The lowest BCUT2D eigenvalue weighted by Gasteiger charge is -2.31. The van der Waals surface area contributed by atoms with Gasteiger partial charge in [-0.2, -0.15) is 5.10 Å². The molecule has 7 nitrogen and oxygen atoms in total. The van der Waals surface area contributed by atoms with Gasteiger partial charge in [-0.25, -0.2) is 4.98 Å². The second kappa shape index (κ2) is 6.63. The molecule has 0 aliphatic heterocycles. The van der Waals surface area contributed by atoms with Gasteiger partial charge < -0.3 is 15.2 Å². The fourth-order valence-corrected chi connectivity index (χ4v) is 2.39. The topological polar surface area (TPSA) is 89.3 Å². The predicted octanol–water partition coefficient (Wildman–Crippen LogP) is -0.430. The van der Waals surface area contributed by atoms with Gasteiger partial charge in [-0.3, -0.25) is 9.48 Å². The van der Waals surface area contributed by atoms with E-state index in [9.17, 15) is 9.90 Å². The number of carbonyl (C=O) groups is 1. The Morgan fingerprint density at radius 2 is 2.42 bits per heavy atom. The van der Waals surface area contributed by atoms with Gasteiger partial charge in [-0.1, -0.05) is 0 Å². The number of nitrogens with one attached hydrogen (secondary N) is 1. The summed E-state index contributed by atoms with van der Waals surface area (Å²) >= 11 is 0. The first kappa shape index (κ1) is 14.0. The third-order valence-electron chi connectivity index (χ3n) is 3.54. The van der Waals surface area contributed by atoms with E-state index < -0.39 is 6.10 Å². The molecule has 1 aliphatic rings. The molecule has 19 heavy (non-hydrogen) atoms. The Kier molecular flexibility index (Phi) is 4.86. The summed E-state index contributed by atoms with van der Waals surface area (Å²) in [5.74, 6) is -0.0573. The number of aliphatic hydroxyl groups is 1. The molecule has 0 bridgehead atoms. The molecule has 0 spiro atoms. The van der Waals surface area contributed by atoms with E-state index in [1.54, 1.807) is 18.1 Å². The maximum Gasteiger partial charge on any atom is 0.223 e. The van der Waals surface area contributed by atoms with Crippen molar-refractivity contribution in [3.8, 4) is 0 Å². The van der Waals surface area contributed by atoms with Crippen molar-refractivity contribution in [1.29, 1.82) is 0 Å². The first-order chi connectivity index (χ1) is 9.20. The van der Waals surface area contributed by atoms with Crippen LogP contribution in [0.15, 0.2) is 12.7 Å². The Hall–Kier alpha value is -1.47. The SMILES string of the molecule is CO[C@@H]1C[C@H](C(=O)NCCn2cncn2)CC[C@@H]1O. The van der Waals surface area contributed by atoms with Crippen LogP contribution in [0, 0.1) is 5.92 Å². The number of hydrogen-bond donors (Lipinski definition) is 2. The zero-order chi connectivity index (χ0) is 13.7. The van der Waals surface area contributed by atoms with E-state index in [1.807, 2.05) is 0 Å². The number of amides is 1. The zero-order valence-corrected chi connectivity index (χ0v) is 11.0. The maximum atomic E-state index is 12.0. The summed E-state index contributed by atoms with van der Waals surface area (Å²) in [6.45, 7) is 1.13. The summed E-state index contributed by atoms with van der Waals surface area (Å²) in [4.78, 5) is 15.8. The molecule has 1 aromatic rings. The normalized spacial score (nSPS) is 27.2. The summed E-state index contributed by atoms with van der Waals surface area (Å²) in [6.07, 6.45) is 4.28. The minimum atomic E-state index is -0.454. The quantitative estimate of drug-likeness (QED) is 0.756. The van der Waals surface area contributed by atoms with E-state index in [0.717, 1.165) is 0 Å². The van der Waals surface area contributed by atoms with Gasteiger partial charge in [-0.15, -0.1) is 0 Å². The Labute approximate surface area is 112 Å². The molecule has 0 saturated heterocycles. The van der Waals surface area contributed by atoms with Crippen molar-refractivity contribution in [2.45, 2.75) is 38.0 Å². The van der Waals surface area contributed by atoms with Gasteiger partial charge in [0.1, 0.15) is 12.7 Å². The first-order valence-electron chi connectivity index (χ1n) is 6.51. The van der Waals surface area contributed by atoms with E-state index in [2.05, 4.69) is 15.4 Å². The van der Waals surface area contributed by atoms with Gasteiger partial charge in [0, 0.05) is 19.6 Å². The highest BCUT2D eigenvalue weighted by Gasteiger charge is 2.32. The van der Waals surface area contributed by atoms with E-state index in [4.69, 9.17) is 4.74 Å². The molecule has 1 saturated carbocycles. The van der Waals surface area contributed by atoms with Gasteiger partial charge in [0.25, 0.3) is 0 Å². The van der Waals surface area contributed by atoms with Crippen LogP contribution in [0.1, 0.15) is 19.3 Å². The van der Waals surface area contributed by atoms with Crippen LogP contribution < -0.4 is 5.32 Å². The highest BCUT2D eigenvalue weighted by atomic mass is 16.5. The Balaban J connectivity index is 1.73. The summed E-state index contributed by atoms with van der Waals surface area (Å²) < 4.78 is 6.86. The Morgan fingerprint density at radius 1 is 1.58 bits per heavy atom. The van der Waals surface area contributed by atoms with Crippen molar-refractivity contribution in [1.82, 2.24) is 20.1 Å². The van der Waals surface area contributed by atoms with Gasteiger partial charge in [0.2, 0.25) is 5.91 Å². The number of hydrogen-bond acceptors (Lipinski definition) is 5. The molecule has 0 unspecified atom stereocenters. The lowest BCUT2D eigenvalue weighted by atomic mass is 9.84. The molecule has 0 radical (unpaired) electrons. The fraction of sp³-hybridized carbons (Fsp3) is 0.750. The molecule has 7 heteroatoms. The van der Waals surface area contributed by atoms with Crippen LogP contribution in [-0.2, 0) is 16.1 Å². The summed E-state index contributed by atoms with van der Waals surface area (Å²) in [6, 6.07) is 0. The maximum absolute atomic E-state index is 12.0. The lowest BCUT2D eigenvalue weighted by Crippen LogP contribution is -2.42. The second-order valence-corrected chi connectivity index (χ2v) is 4.80. The first-order valence-corrected chi connectivity index (χ1v) is 6.51. The van der Waals surface area contributed by atoms with Crippen LogP contribution in [0.5, 0.6) is 0 Å². The number of aromatic nitrogens is 3. The van der Waals surface area contributed by atoms with Gasteiger partial charge in [0.15, 0.2) is 0 Å². The fourth-order valence-electron chi connectivity index (χ4n) is 2.39. The van der Waals surface area contributed by atoms with Crippen LogP contribution in [0.3, 0.4) is 0 Å². The van der Waals surface area contributed by atoms with Crippen LogP contribution >= 0.6 is 0 Å². The second-order valence-electron chi connectivity index (χ2n) is 4.80. The molecule has 2 N–H and O–H groups in total. The van der Waals surface area contributed by atoms with Gasteiger partial charge >= 0.3 is 0 Å². The highest BCUT2D eigenvalue weighted by Crippen LogP contribution is 2.26. The number of nitrogens with zero attached hydrogens (tertiary/aromatic N) is 3. The minimum absolute atomic E-state index is 0.0223. The van der Waals surface area contributed by atoms with Gasteiger partial charge in [0.05, 0.1) is 18.8 Å². The molecule has 1 heterocycles. The van der Waals surface area contributed by atoms with Crippen LogP contribution in [-0.4, -0.2) is 51.6 Å². The molecule has 0 aromatic carbocycles. The third kappa shape index (κ3) is 3.74. The largest absolute Gasteiger partial charge is 0.390 e. The monoisotopic (exact) mass is 268 g/mol. The molecule has 1 fully saturated rings. The highest BCUT2D eigenvalue weighted by molar-refractivity contribution is 5.78. The molecule has 1 aliphatic carbocycles. The van der Waals surface area contributed by atoms with Crippen molar-refractivity contribution >= 4 is 5.91 Å². The standard InChI is InChI=1S/C12H20N4O3/c1-19-11-6-9(2-3-10(11)17)12(18)14-4-5-16-8-13-7-15-16/h7-11,17H,2-6H2,1H3,(H,14,18)/t9-,10+,11-/m1/s1. The van der Waals surface area contributed by atoms with E-state index in [0.29, 0.717) is 32.4 Å². The molecular formula is C12H20N4O3.